The van der Waals surface area contributed by atoms with Gasteiger partial charge < -0.3 is 0 Å². The van der Waals surface area contributed by atoms with Crippen LogP contribution in [0.2, 0.25) is 0 Å². The Morgan fingerprint density at radius 2 is 1.67 bits per heavy atom. The second kappa shape index (κ2) is 3.07. The first kappa shape index (κ1) is 7.95. The zero-order valence-electron chi connectivity index (χ0n) is 5.85. The van der Waals surface area contributed by atoms with Crippen LogP contribution in [0.1, 0.15) is 13.8 Å². The van der Waals surface area contributed by atoms with Gasteiger partial charge in [0.2, 0.25) is 6.41 Å². The van der Waals surface area contributed by atoms with Crippen molar-refractivity contribution in [3.63, 3.8) is 0 Å². The van der Waals surface area contributed by atoms with Crippen molar-refractivity contribution in [3.8, 4) is 0 Å². The fraction of sp³-hybridized carbons (Fsp3) is 0.286. The molecule has 0 aliphatic heterocycles. The van der Waals surface area contributed by atoms with Gasteiger partial charge in [-0.2, -0.15) is 0 Å². The predicted octanol–water partition coefficient (Wildman–Crippen LogP) is 1.51. The Bertz CT molecular complexity index is 135. The van der Waals surface area contributed by atoms with Gasteiger partial charge in [0.25, 0.3) is 0 Å². The van der Waals surface area contributed by atoms with E-state index in [4.69, 9.17) is 0 Å². The van der Waals surface area contributed by atoms with Gasteiger partial charge >= 0.3 is 0 Å². The molecule has 0 saturated heterocycles. The average Bonchev–Trinajstić information content (AvgIpc) is 1.64. The maximum atomic E-state index is 10.2. The molecule has 0 radical (unpaired) electrons. The summed E-state index contributed by atoms with van der Waals surface area (Å²) in [5, 5.41) is 0. The van der Waals surface area contributed by atoms with Crippen molar-refractivity contribution in [2.75, 3.05) is 0 Å². The summed E-state index contributed by atoms with van der Waals surface area (Å²) in [5.41, 5.74) is 1.38. The normalized spacial score (nSPS) is 8.22. The molecule has 2 nitrogen and oxygen atoms in total. The summed E-state index contributed by atoms with van der Waals surface area (Å²) in [4.78, 5) is 11.6. The topological polar surface area (TPSA) is 20.3 Å². The molecule has 0 aromatic rings. The lowest BCUT2D eigenvalue weighted by atomic mass is 10.4. The van der Waals surface area contributed by atoms with Gasteiger partial charge in [-0.1, -0.05) is 13.2 Å². The first-order valence-electron chi connectivity index (χ1n) is 2.65. The second-order valence-corrected chi connectivity index (χ2v) is 1.95. The van der Waals surface area contributed by atoms with Crippen LogP contribution in [0.4, 0.5) is 0 Å². The van der Waals surface area contributed by atoms with E-state index in [9.17, 15) is 4.79 Å². The third-order valence-electron chi connectivity index (χ3n) is 0.928. The third kappa shape index (κ3) is 2.13. The highest BCUT2D eigenvalue weighted by molar-refractivity contribution is 5.53. The summed E-state index contributed by atoms with van der Waals surface area (Å²) >= 11 is 0. The molecule has 0 spiro atoms. The predicted molar refractivity (Wildman–Crippen MR) is 37.5 cm³/mol. The quantitative estimate of drug-likeness (QED) is 0.523. The average molecular weight is 125 g/mol. The van der Waals surface area contributed by atoms with Crippen molar-refractivity contribution < 1.29 is 4.79 Å². The summed E-state index contributed by atoms with van der Waals surface area (Å²) in [7, 11) is 0. The highest BCUT2D eigenvalue weighted by Gasteiger charge is 1.99. The molecule has 9 heavy (non-hydrogen) atoms. The van der Waals surface area contributed by atoms with E-state index in [0.717, 1.165) is 0 Å². The molecule has 0 aromatic heterocycles. The van der Waals surface area contributed by atoms with Crippen LogP contribution in [0.3, 0.4) is 0 Å². The Morgan fingerprint density at radius 3 is 1.67 bits per heavy atom. The fourth-order valence-corrected chi connectivity index (χ4v) is 0.506. The van der Waals surface area contributed by atoms with Crippen molar-refractivity contribution in [1.82, 2.24) is 4.90 Å². The lowest BCUT2D eigenvalue weighted by Crippen LogP contribution is -2.15. The van der Waals surface area contributed by atoms with Crippen molar-refractivity contribution in [1.29, 1.82) is 0 Å². The van der Waals surface area contributed by atoms with Crippen LogP contribution in [0.15, 0.2) is 24.6 Å². The van der Waals surface area contributed by atoms with Gasteiger partial charge in [0.05, 0.1) is 0 Å². The fourth-order valence-electron chi connectivity index (χ4n) is 0.506. The minimum Gasteiger partial charge on any atom is -0.293 e. The number of carbonyl (C=O) groups is 1. The lowest BCUT2D eigenvalue weighted by molar-refractivity contribution is -0.115. The van der Waals surface area contributed by atoms with Crippen molar-refractivity contribution >= 4 is 6.41 Å². The number of hydrogen-bond donors (Lipinski definition) is 0. The van der Waals surface area contributed by atoms with Gasteiger partial charge in [0.1, 0.15) is 0 Å². The number of amides is 1. The molecular formula is C7H11NO. The first-order valence-corrected chi connectivity index (χ1v) is 2.65. The van der Waals surface area contributed by atoms with Crippen LogP contribution in [-0.4, -0.2) is 11.3 Å². The van der Waals surface area contributed by atoms with E-state index in [1.807, 2.05) is 0 Å². The van der Waals surface area contributed by atoms with E-state index >= 15 is 0 Å². The second-order valence-electron chi connectivity index (χ2n) is 1.95. The van der Waals surface area contributed by atoms with Gasteiger partial charge in [-0.3, -0.25) is 9.69 Å². The van der Waals surface area contributed by atoms with E-state index in [-0.39, 0.29) is 0 Å². The Balaban J connectivity index is 4.16. The molecular weight excluding hydrogens is 114 g/mol. The van der Waals surface area contributed by atoms with Crippen LogP contribution in [0.5, 0.6) is 0 Å². The summed E-state index contributed by atoms with van der Waals surface area (Å²) in [5.74, 6) is 0. The largest absolute Gasteiger partial charge is 0.293 e. The van der Waals surface area contributed by atoms with E-state index in [2.05, 4.69) is 13.2 Å². The summed E-state index contributed by atoms with van der Waals surface area (Å²) < 4.78 is 0. The van der Waals surface area contributed by atoms with E-state index in [0.29, 0.717) is 17.8 Å². The lowest BCUT2D eigenvalue weighted by Gasteiger charge is -2.15. The molecule has 2 heteroatoms. The van der Waals surface area contributed by atoms with Crippen LogP contribution in [0.25, 0.3) is 0 Å². The number of allylic oxidation sites excluding steroid dienone is 2. The standard InChI is InChI=1S/C7H11NO/c1-6(2)8(5-9)7(3)4/h5H,1,3H2,2,4H3. The molecule has 0 fully saturated rings. The smallest absolute Gasteiger partial charge is 0.218 e. The van der Waals surface area contributed by atoms with Crippen molar-refractivity contribution in [2.24, 2.45) is 0 Å². The summed E-state index contributed by atoms with van der Waals surface area (Å²) in [6.07, 6.45) is 0.699. The number of nitrogens with zero attached hydrogens (tertiary/aromatic N) is 1. The molecule has 0 unspecified atom stereocenters. The summed E-state index contributed by atoms with van der Waals surface area (Å²) in [6, 6.07) is 0. The molecule has 50 valence electrons. The van der Waals surface area contributed by atoms with Gasteiger partial charge in [0.15, 0.2) is 0 Å². The van der Waals surface area contributed by atoms with Crippen LogP contribution in [-0.2, 0) is 4.79 Å². The minimum atomic E-state index is 0.692. The van der Waals surface area contributed by atoms with E-state index < -0.39 is 0 Å². The SMILES string of the molecule is C=C(C)N(C=O)C(=C)C. The Morgan fingerprint density at radius 1 is 1.33 bits per heavy atom. The number of hydrogen-bond acceptors (Lipinski definition) is 1. The minimum absolute atomic E-state index is 0.692. The Hall–Kier alpha value is -1.05. The molecule has 0 heterocycles. The van der Waals surface area contributed by atoms with Gasteiger partial charge in [-0.05, 0) is 13.8 Å². The third-order valence-corrected chi connectivity index (χ3v) is 0.928. The van der Waals surface area contributed by atoms with Crippen LogP contribution < -0.4 is 0 Å². The highest BCUT2D eigenvalue weighted by atomic mass is 16.1. The first-order chi connectivity index (χ1) is 4.09. The van der Waals surface area contributed by atoms with Crippen molar-refractivity contribution in [2.45, 2.75) is 13.8 Å². The molecule has 0 aliphatic carbocycles. The molecule has 0 aliphatic rings. The zero-order valence-corrected chi connectivity index (χ0v) is 5.85. The number of rotatable bonds is 3. The molecule has 1 amide bonds. The summed E-state index contributed by atoms with van der Waals surface area (Å²) in [6.45, 7) is 10.7. The zero-order chi connectivity index (χ0) is 7.44. The van der Waals surface area contributed by atoms with Crippen molar-refractivity contribution in [3.05, 3.63) is 24.6 Å². The van der Waals surface area contributed by atoms with Crippen LogP contribution >= 0.6 is 0 Å². The van der Waals surface area contributed by atoms with E-state index in [1.165, 1.54) is 4.90 Å². The van der Waals surface area contributed by atoms with Gasteiger partial charge in [0, 0.05) is 11.4 Å². The van der Waals surface area contributed by atoms with E-state index in [1.54, 1.807) is 13.8 Å². The monoisotopic (exact) mass is 125 g/mol. The molecule has 0 atom stereocenters. The highest BCUT2D eigenvalue weighted by Crippen LogP contribution is 2.03. The molecule has 0 saturated carbocycles. The van der Waals surface area contributed by atoms with Gasteiger partial charge in [-0.15, -0.1) is 0 Å². The number of carbonyl (C=O) groups excluding carboxylic acids is 1. The molecule has 0 aromatic carbocycles. The molecule has 0 bridgehead atoms. The molecule has 0 N–H and O–H groups in total. The Kier molecular flexibility index (Phi) is 2.71. The van der Waals surface area contributed by atoms with Gasteiger partial charge in [-0.25, -0.2) is 0 Å². The maximum absolute atomic E-state index is 10.2. The van der Waals surface area contributed by atoms with Crippen LogP contribution in [0, 0.1) is 0 Å². The Labute approximate surface area is 55.5 Å². The maximum Gasteiger partial charge on any atom is 0.218 e. The molecule has 0 rings (SSSR count).